The van der Waals surface area contributed by atoms with Crippen LogP contribution in [-0.4, -0.2) is 32.8 Å². The van der Waals surface area contributed by atoms with Gasteiger partial charge in [-0.15, -0.1) is 0 Å². The smallest absolute Gasteiger partial charge is 0.266 e. The molecule has 0 N–H and O–H groups in total. The molecule has 24 heavy (non-hydrogen) atoms. The van der Waals surface area contributed by atoms with Gasteiger partial charge in [-0.1, -0.05) is 0 Å². The van der Waals surface area contributed by atoms with Crippen molar-refractivity contribution in [3.05, 3.63) is 46.0 Å². The van der Waals surface area contributed by atoms with E-state index < -0.39 is 0 Å². The van der Waals surface area contributed by atoms with Gasteiger partial charge in [0.25, 0.3) is 5.56 Å². The first-order chi connectivity index (χ1) is 11.7. The molecule has 4 rings (SSSR count). The van der Waals surface area contributed by atoms with Gasteiger partial charge >= 0.3 is 0 Å². The molecule has 3 heterocycles. The molecule has 2 aromatic heterocycles. The van der Waals surface area contributed by atoms with Crippen molar-refractivity contribution in [2.75, 3.05) is 13.1 Å². The van der Waals surface area contributed by atoms with Crippen molar-refractivity contribution >= 4 is 0 Å². The molecule has 1 aliphatic heterocycles. The molecule has 0 amide bonds. The van der Waals surface area contributed by atoms with Crippen molar-refractivity contribution in [1.82, 2.24) is 19.7 Å². The van der Waals surface area contributed by atoms with E-state index in [1.165, 1.54) is 12.8 Å². The molecule has 1 saturated carbocycles. The fourth-order valence-electron chi connectivity index (χ4n) is 3.47. The lowest BCUT2D eigenvalue weighted by atomic mass is 9.97. The molecule has 0 radical (unpaired) electrons. The lowest BCUT2D eigenvalue weighted by Crippen LogP contribution is -2.36. The van der Waals surface area contributed by atoms with Crippen LogP contribution < -0.4 is 5.56 Å². The van der Waals surface area contributed by atoms with Crippen LogP contribution >= 0.6 is 0 Å². The third kappa shape index (κ3) is 3.59. The summed E-state index contributed by atoms with van der Waals surface area (Å²) in [5.74, 6) is 1.84. The van der Waals surface area contributed by atoms with E-state index >= 15 is 0 Å². The van der Waals surface area contributed by atoms with Crippen LogP contribution in [0.3, 0.4) is 0 Å². The predicted octanol–water partition coefficient (Wildman–Crippen LogP) is 2.33. The van der Waals surface area contributed by atoms with Crippen LogP contribution in [0.5, 0.6) is 0 Å². The van der Waals surface area contributed by atoms with E-state index in [9.17, 15) is 4.79 Å². The lowest BCUT2D eigenvalue weighted by molar-refractivity contribution is 0.162. The van der Waals surface area contributed by atoms with Crippen LogP contribution in [0.1, 0.15) is 48.9 Å². The number of rotatable bonds is 5. The van der Waals surface area contributed by atoms with E-state index in [0.29, 0.717) is 11.8 Å². The van der Waals surface area contributed by atoms with Gasteiger partial charge in [0.2, 0.25) is 0 Å². The number of likely N-dealkylation sites (tertiary alicyclic amines) is 1. The molecular formula is C18H24N4O2. The van der Waals surface area contributed by atoms with Gasteiger partial charge < -0.3 is 4.42 Å². The molecule has 128 valence electrons. The highest BCUT2D eigenvalue weighted by atomic mass is 16.3. The Balaban J connectivity index is 1.33. The summed E-state index contributed by atoms with van der Waals surface area (Å²) in [6.07, 6.45) is 6.36. The Morgan fingerprint density at radius 3 is 2.67 bits per heavy atom. The minimum absolute atomic E-state index is 0.0277. The summed E-state index contributed by atoms with van der Waals surface area (Å²) >= 11 is 0. The molecule has 0 bridgehead atoms. The molecular weight excluding hydrogens is 304 g/mol. The van der Waals surface area contributed by atoms with E-state index in [0.717, 1.165) is 56.3 Å². The lowest BCUT2D eigenvalue weighted by Gasteiger charge is -2.31. The monoisotopic (exact) mass is 328 g/mol. The molecule has 1 aliphatic carbocycles. The van der Waals surface area contributed by atoms with Crippen LogP contribution in [-0.2, 0) is 13.1 Å². The third-order valence-electron chi connectivity index (χ3n) is 5.07. The molecule has 2 fully saturated rings. The van der Waals surface area contributed by atoms with Crippen molar-refractivity contribution < 1.29 is 4.42 Å². The van der Waals surface area contributed by atoms with Gasteiger partial charge in [0.05, 0.1) is 11.4 Å². The van der Waals surface area contributed by atoms with E-state index in [-0.39, 0.29) is 5.56 Å². The highest BCUT2D eigenvalue weighted by molar-refractivity contribution is 5.12. The molecule has 0 unspecified atom stereocenters. The summed E-state index contributed by atoms with van der Waals surface area (Å²) in [5.41, 5.74) is 2.12. The quantitative estimate of drug-likeness (QED) is 0.843. The molecule has 2 aromatic rings. The Hall–Kier alpha value is -1.95. The van der Waals surface area contributed by atoms with Crippen molar-refractivity contribution in [1.29, 1.82) is 0 Å². The van der Waals surface area contributed by atoms with Gasteiger partial charge in [0.15, 0.2) is 5.89 Å². The number of aryl methyl sites for hydroxylation is 1. The van der Waals surface area contributed by atoms with Crippen molar-refractivity contribution in [2.24, 2.45) is 5.92 Å². The Bertz CT molecular complexity index is 754. The fourth-order valence-corrected chi connectivity index (χ4v) is 3.47. The number of piperidine rings is 1. The molecule has 0 atom stereocenters. The van der Waals surface area contributed by atoms with E-state index in [4.69, 9.17) is 4.42 Å². The molecule has 6 nitrogen and oxygen atoms in total. The maximum atomic E-state index is 12.1. The van der Waals surface area contributed by atoms with E-state index in [1.807, 2.05) is 13.0 Å². The second-order valence-electron chi connectivity index (χ2n) is 7.13. The zero-order valence-corrected chi connectivity index (χ0v) is 14.1. The van der Waals surface area contributed by atoms with Gasteiger partial charge in [-0.25, -0.2) is 9.67 Å². The number of hydrogen-bond donors (Lipinski definition) is 0. The highest BCUT2D eigenvalue weighted by Gasteiger charge is 2.26. The van der Waals surface area contributed by atoms with Crippen LogP contribution in [0, 0.1) is 12.8 Å². The molecule has 1 saturated heterocycles. The zero-order valence-electron chi connectivity index (χ0n) is 14.1. The third-order valence-corrected chi connectivity index (χ3v) is 5.07. The van der Waals surface area contributed by atoms with E-state index in [1.54, 1.807) is 17.0 Å². The van der Waals surface area contributed by atoms with Gasteiger partial charge in [-0.05, 0) is 50.8 Å². The highest BCUT2D eigenvalue weighted by Crippen LogP contribution is 2.38. The summed E-state index contributed by atoms with van der Waals surface area (Å²) in [4.78, 5) is 18.8. The average molecular weight is 328 g/mol. The predicted molar refractivity (Wildman–Crippen MR) is 89.7 cm³/mol. The van der Waals surface area contributed by atoms with Crippen LogP contribution in [0.2, 0.25) is 0 Å². The summed E-state index contributed by atoms with van der Waals surface area (Å²) in [6.45, 7) is 5.53. The molecule has 2 aliphatic rings. The maximum Gasteiger partial charge on any atom is 0.266 e. The van der Waals surface area contributed by atoms with Crippen LogP contribution in [0.4, 0.5) is 0 Å². The number of oxazole rings is 1. The second-order valence-corrected chi connectivity index (χ2v) is 7.13. The Labute approximate surface area is 141 Å². The fraction of sp³-hybridized carbons (Fsp3) is 0.611. The largest absolute Gasteiger partial charge is 0.449 e. The molecule has 0 spiro atoms. The average Bonchev–Trinajstić information content (AvgIpc) is 3.35. The minimum Gasteiger partial charge on any atom is -0.449 e. The summed E-state index contributed by atoms with van der Waals surface area (Å²) in [6, 6.07) is 3.59. The summed E-state index contributed by atoms with van der Waals surface area (Å²) < 4.78 is 6.96. The Morgan fingerprint density at radius 1 is 1.21 bits per heavy atom. The van der Waals surface area contributed by atoms with Gasteiger partial charge in [-0.3, -0.25) is 9.69 Å². The van der Waals surface area contributed by atoms with E-state index in [2.05, 4.69) is 15.0 Å². The SMILES string of the molecule is Cc1nc(CN2CCC(Cn3nc(C4CC4)ccc3=O)CC2)co1. The first-order valence-corrected chi connectivity index (χ1v) is 8.89. The number of aromatic nitrogens is 3. The van der Waals surface area contributed by atoms with Crippen molar-refractivity contribution in [3.8, 4) is 0 Å². The van der Waals surface area contributed by atoms with Crippen molar-refractivity contribution in [2.45, 2.75) is 51.6 Å². The summed E-state index contributed by atoms with van der Waals surface area (Å²) in [7, 11) is 0. The number of hydrogen-bond acceptors (Lipinski definition) is 5. The zero-order chi connectivity index (χ0) is 16.5. The van der Waals surface area contributed by atoms with Crippen LogP contribution in [0.25, 0.3) is 0 Å². The Kier molecular flexibility index (Phi) is 4.22. The van der Waals surface area contributed by atoms with Gasteiger partial charge in [-0.2, -0.15) is 5.10 Å². The van der Waals surface area contributed by atoms with Crippen LogP contribution in [0.15, 0.2) is 27.6 Å². The normalized spacial score (nSPS) is 19.7. The number of nitrogens with zero attached hydrogens (tertiary/aromatic N) is 4. The molecule has 0 aromatic carbocycles. The second kappa shape index (κ2) is 6.51. The van der Waals surface area contributed by atoms with Gasteiger partial charge in [0.1, 0.15) is 6.26 Å². The van der Waals surface area contributed by atoms with Gasteiger partial charge in [0, 0.05) is 32.0 Å². The minimum atomic E-state index is 0.0277. The van der Waals surface area contributed by atoms with Crippen molar-refractivity contribution in [3.63, 3.8) is 0 Å². The first kappa shape index (κ1) is 15.6. The molecule has 6 heteroatoms. The Morgan fingerprint density at radius 2 is 2.00 bits per heavy atom. The first-order valence-electron chi connectivity index (χ1n) is 8.89. The summed E-state index contributed by atoms with van der Waals surface area (Å²) in [5, 5.41) is 4.59. The standard InChI is InChI=1S/C18H24N4O2/c1-13-19-16(12-24-13)11-21-8-6-14(7-9-21)10-22-18(23)5-4-17(20-22)15-2-3-15/h4-5,12,14-15H,2-3,6-11H2,1H3. The maximum absolute atomic E-state index is 12.1. The topological polar surface area (TPSA) is 64.2 Å².